The molecule has 0 aliphatic carbocycles. The number of epoxide rings is 1. The van der Waals surface area contributed by atoms with Gasteiger partial charge in [0.25, 0.3) is 5.79 Å². The summed E-state index contributed by atoms with van der Waals surface area (Å²) in [6.45, 7) is 0.354. The van der Waals surface area contributed by atoms with Crippen LogP contribution in [-0.4, -0.2) is 55.7 Å². The second kappa shape index (κ2) is 6.58. The fraction of sp³-hybridized carbons (Fsp3) is 0.400. The second-order valence-corrected chi connectivity index (χ2v) is 3.86. The molecule has 1 aliphatic heterocycles. The Balaban J connectivity index is 0.00000162. The van der Waals surface area contributed by atoms with Crippen molar-refractivity contribution < 1.29 is 19.0 Å². The van der Waals surface area contributed by atoms with Crippen molar-refractivity contribution in [1.29, 1.82) is 0 Å². The van der Waals surface area contributed by atoms with Gasteiger partial charge < -0.3 is 19.0 Å². The quantitative estimate of drug-likeness (QED) is 0.342. The van der Waals surface area contributed by atoms with Gasteiger partial charge in [-0.3, -0.25) is 0 Å². The van der Waals surface area contributed by atoms with Crippen LogP contribution >= 0.6 is 11.6 Å². The summed E-state index contributed by atoms with van der Waals surface area (Å²) in [5.41, 5.74) is 0. The van der Waals surface area contributed by atoms with Crippen molar-refractivity contribution >= 4 is 41.2 Å². The summed E-state index contributed by atoms with van der Waals surface area (Å²) in [6.07, 6.45) is 0. The van der Waals surface area contributed by atoms with Crippen molar-refractivity contribution in [2.45, 2.75) is 5.79 Å². The van der Waals surface area contributed by atoms with E-state index >= 15 is 0 Å². The van der Waals surface area contributed by atoms with E-state index in [1.165, 1.54) is 7.11 Å². The molecule has 0 spiro atoms. The van der Waals surface area contributed by atoms with E-state index in [4.69, 9.17) is 25.8 Å². The maximum absolute atomic E-state index is 9.97. The molecule has 8 heteroatoms. The normalized spacial score (nSPS) is 20.6. The van der Waals surface area contributed by atoms with Crippen molar-refractivity contribution in [3.63, 3.8) is 0 Å². The molecule has 0 N–H and O–H groups in total. The summed E-state index contributed by atoms with van der Waals surface area (Å²) in [5.74, 6) is 0.00854. The fourth-order valence-corrected chi connectivity index (χ4v) is 1.43. The van der Waals surface area contributed by atoms with Crippen LogP contribution in [0.3, 0.4) is 0 Å². The van der Waals surface area contributed by atoms with Gasteiger partial charge in [0, 0.05) is 6.07 Å². The van der Waals surface area contributed by atoms with Gasteiger partial charge in [0.2, 0.25) is 0 Å². The van der Waals surface area contributed by atoms with Crippen LogP contribution < -0.4 is 9.47 Å². The van der Waals surface area contributed by atoms with E-state index in [2.05, 4.69) is 10.2 Å². The topological polar surface area (TPSA) is 69.6 Å². The summed E-state index contributed by atoms with van der Waals surface area (Å²) in [6, 6.07) is 4.96. The molecular weight excluding hydrogens is 273 g/mol. The summed E-state index contributed by atoms with van der Waals surface area (Å²) < 4.78 is 15.4. The van der Waals surface area contributed by atoms with Crippen molar-refractivity contribution in [2.75, 3.05) is 20.3 Å². The number of hydrogen-bond donors (Lipinski definition) is 0. The summed E-state index contributed by atoms with van der Waals surface area (Å²) >= 11 is 5.86. The van der Waals surface area contributed by atoms with E-state index in [9.17, 15) is 4.91 Å². The van der Waals surface area contributed by atoms with Crippen LogP contribution in [0.2, 0.25) is 5.02 Å². The van der Waals surface area contributed by atoms with Crippen molar-refractivity contribution in [3.8, 4) is 11.5 Å². The van der Waals surface area contributed by atoms with Crippen molar-refractivity contribution in [3.05, 3.63) is 28.1 Å². The van der Waals surface area contributed by atoms with Crippen LogP contribution in [0.4, 0.5) is 0 Å². The van der Waals surface area contributed by atoms with Crippen molar-refractivity contribution in [1.82, 2.24) is 0 Å². The third-order valence-corrected chi connectivity index (χ3v) is 2.56. The van der Waals surface area contributed by atoms with Gasteiger partial charge in [-0.15, -0.1) is 4.91 Å². The van der Waals surface area contributed by atoms with Crippen LogP contribution in [-0.2, 0) is 9.57 Å². The predicted octanol–water partition coefficient (Wildman–Crippen LogP) is 1.50. The van der Waals surface area contributed by atoms with E-state index < -0.39 is 5.79 Å². The van der Waals surface area contributed by atoms with Crippen LogP contribution in [0.5, 0.6) is 11.5 Å². The molecular formula is C10H11ClNNaO5. The molecule has 0 radical (unpaired) electrons. The number of nitrogens with zero attached hydrogens (tertiary/aromatic N) is 1. The first-order valence-corrected chi connectivity index (χ1v) is 5.18. The first-order valence-electron chi connectivity index (χ1n) is 4.80. The summed E-state index contributed by atoms with van der Waals surface area (Å²) in [7, 11) is 1.51. The van der Waals surface area contributed by atoms with Crippen LogP contribution in [0, 0.1) is 4.91 Å². The van der Waals surface area contributed by atoms with Crippen LogP contribution in [0.25, 0.3) is 0 Å². The van der Waals surface area contributed by atoms with E-state index in [-0.39, 0.29) is 42.8 Å². The van der Waals surface area contributed by atoms with Gasteiger partial charge in [-0.1, -0.05) is 11.6 Å². The monoisotopic (exact) mass is 283 g/mol. The molecule has 0 amide bonds. The first kappa shape index (κ1) is 15.5. The zero-order valence-electron chi connectivity index (χ0n) is 9.01. The van der Waals surface area contributed by atoms with Crippen molar-refractivity contribution in [2.24, 2.45) is 5.34 Å². The number of rotatable bonds is 6. The third kappa shape index (κ3) is 3.73. The number of methoxy groups -OCH3 is 1. The maximum atomic E-state index is 9.97. The Kier molecular flexibility index (Phi) is 5.68. The number of ether oxygens (including phenoxy) is 3. The van der Waals surface area contributed by atoms with Gasteiger partial charge in [-0.05, 0) is 12.1 Å². The predicted molar refractivity (Wildman–Crippen MR) is 66.2 cm³/mol. The minimum atomic E-state index is -1.03. The second-order valence-electron chi connectivity index (χ2n) is 3.45. The molecule has 94 valence electrons. The molecule has 0 bridgehead atoms. The Morgan fingerprint density at radius 2 is 2.28 bits per heavy atom. The average molecular weight is 284 g/mol. The number of hydrogen-bond acceptors (Lipinski definition) is 6. The zero-order chi connectivity index (χ0) is 12.3. The Labute approximate surface area is 131 Å². The summed E-state index contributed by atoms with van der Waals surface area (Å²) in [4.78, 5) is 14.5. The van der Waals surface area contributed by atoms with E-state index in [1.807, 2.05) is 0 Å². The fourth-order valence-electron chi connectivity index (χ4n) is 1.23. The molecule has 0 aromatic heterocycles. The molecule has 1 heterocycles. The molecule has 1 fully saturated rings. The first-order chi connectivity index (χ1) is 8.19. The molecule has 1 aromatic carbocycles. The molecule has 0 unspecified atom stereocenters. The Hall–Kier alpha value is -0.530. The number of benzene rings is 1. The molecule has 1 atom stereocenters. The van der Waals surface area contributed by atoms with Crippen LogP contribution in [0.1, 0.15) is 0 Å². The van der Waals surface area contributed by atoms with Gasteiger partial charge in [0.1, 0.15) is 18.1 Å². The Bertz CT molecular complexity index is 427. The molecule has 1 saturated heterocycles. The van der Waals surface area contributed by atoms with Gasteiger partial charge in [-0.25, -0.2) is 0 Å². The average Bonchev–Trinajstić information content (AvgIpc) is 3.09. The van der Waals surface area contributed by atoms with Gasteiger partial charge in [0.15, 0.2) is 11.9 Å². The molecule has 0 saturated carbocycles. The van der Waals surface area contributed by atoms with Gasteiger partial charge in [0.05, 0.1) is 12.1 Å². The van der Waals surface area contributed by atoms with E-state index in [1.54, 1.807) is 18.2 Å². The molecule has 2 rings (SSSR count). The molecule has 1 aromatic rings. The Morgan fingerprint density at radius 1 is 1.56 bits per heavy atom. The molecule has 1 aliphatic rings. The Morgan fingerprint density at radius 3 is 2.83 bits per heavy atom. The van der Waals surface area contributed by atoms with E-state index in [0.29, 0.717) is 16.5 Å². The minimum absolute atomic E-state index is 0. The third-order valence-electron chi connectivity index (χ3n) is 2.25. The molecule has 18 heavy (non-hydrogen) atoms. The summed E-state index contributed by atoms with van der Waals surface area (Å²) in [5, 5.41) is 2.82. The standard InChI is InChI=1S/C10H10ClNO5.Na.H/c1-14-9-4-7(2-3-8(9)11)15-5-10(6-16-10)17-12-13;;/h2-4H,5-6H2,1H3;;/t10-;;/m1../s1. The van der Waals surface area contributed by atoms with Crippen LogP contribution in [0.15, 0.2) is 23.5 Å². The van der Waals surface area contributed by atoms with Gasteiger partial charge >= 0.3 is 29.6 Å². The SMILES string of the molecule is COc1cc(OC[C@@]2(ON=O)CO2)ccc1Cl.[NaH]. The number of halogens is 1. The zero-order valence-corrected chi connectivity index (χ0v) is 9.77. The van der Waals surface area contributed by atoms with E-state index in [0.717, 1.165) is 0 Å². The van der Waals surface area contributed by atoms with Gasteiger partial charge in [-0.2, -0.15) is 0 Å². The molecule has 6 nitrogen and oxygen atoms in total.